The van der Waals surface area contributed by atoms with Crippen molar-refractivity contribution in [2.24, 2.45) is 23.7 Å². The minimum absolute atomic E-state index is 0.174. The largest absolute Gasteiger partial charge is 0.285 e. The Morgan fingerprint density at radius 2 is 1.00 bits per heavy atom. The molecule has 0 radical (unpaired) electrons. The Morgan fingerprint density at radius 3 is 1.47 bits per heavy atom. The molecule has 4 amide bonds. The van der Waals surface area contributed by atoms with Gasteiger partial charge in [-0.3, -0.25) is 29.0 Å². The number of rotatable bonds is 4. The molecule has 0 spiro atoms. The van der Waals surface area contributed by atoms with Crippen molar-refractivity contribution in [1.82, 2.24) is 4.90 Å². The first kappa shape index (κ1) is 22.3. The van der Waals surface area contributed by atoms with Gasteiger partial charge in [-0.25, -0.2) is 4.39 Å². The van der Waals surface area contributed by atoms with Crippen molar-refractivity contribution in [2.75, 3.05) is 11.9 Å². The van der Waals surface area contributed by atoms with Gasteiger partial charge in [-0.1, -0.05) is 54.1 Å². The molecule has 0 aromatic heterocycles. The third-order valence-electron chi connectivity index (χ3n) is 7.89. The molecule has 3 aromatic carbocycles. The van der Waals surface area contributed by atoms with Crippen molar-refractivity contribution in [3.8, 4) is 0 Å². The Balaban J connectivity index is 1.33. The zero-order chi connectivity index (χ0) is 25.3. The SMILES string of the molecule is Cc1ccc(C(c2ccc(F)cc2)c2ccc(N3C(=O)C4C5C(=O)N(C)C(=O)C5C4C3=O)cc2)cc1. The first-order chi connectivity index (χ1) is 17.3. The summed E-state index contributed by atoms with van der Waals surface area (Å²) in [6.07, 6.45) is 0. The second kappa shape index (κ2) is 7.95. The van der Waals surface area contributed by atoms with Crippen LogP contribution in [0.3, 0.4) is 0 Å². The van der Waals surface area contributed by atoms with Crippen LogP contribution < -0.4 is 4.90 Å². The zero-order valence-electron chi connectivity index (χ0n) is 19.7. The highest BCUT2D eigenvalue weighted by Crippen LogP contribution is 2.56. The lowest BCUT2D eigenvalue weighted by Gasteiger charge is -2.36. The minimum atomic E-state index is -0.775. The molecular weight excluding hydrogens is 459 g/mol. The number of nitrogens with zero attached hydrogens (tertiary/aromatic N) is 2. The molecule has 3 aromatic rings. The number of amides is 4. The van der Waals surface area contributed by atoms with Crippen molar-refractivity contribution in [1.29, 1.82) is 0 Å². The van der Waals surface area contributed by atoms with Crippen molar-refractivity contribution < 1.29 is 23.6 Å². The number of carbonyl (C=O) groups is 4. The van der Waals surface area contributed by atoms with Crippen LogP contribution in [-0.2, 0) is 19.2 Å². The second-order valence-electron chi connectivity index (χ2n) is 9.84. The number of anilines is 1. The average molecular weight is 483 g/mol. The summed E-state index contributed by atoms with van der Waals surface area (Å²) in [5, 5.41) is 0. The second-order valence-corrected chi connectivity index (χ2v) is 9.84. The molecule has 0 N–H and O–H groups in total. The lowest BCUT2D eigenvalue weighted by Crippen LogP contribution is -2.50. The van der Waals surface area contributed by atoms with Gasteiger partial charge in [-0.05, 0) is 47.9 Å². The molecular formula is C29H23FN2O4. The summed E-state index contributed by atoms with van der Waals surface area (Å²) >= 11 is 0. The highest BCUT2D eigenvalue weighted by molar-refractivity contribution is 6.27. The van der Waals surface area contributed by atoms with E-state index in [-0.39, 0.29) is 23.5 Å². The molecule has 2 aliphatic heterocycles. The van der Waals surface area contributed by atoms with E-state index in [1.54, 1.807) is 24.3 Å². The molecule has 6 rings (SSSR count). The quantitative estimate of drug-likeness (QED) is 0.420. The van der Waals surface area contributed by atoms with Crippen LogP contribution in [0.2, 0.25) is 0 Å². The monoisotopic (exact) mass is 482 g/mol. The predicted octanol–water partition coefficient (Wildman–Crippen LogP) is 3.66. The number of benzene rings is 3. The summed E-state index contributed by atoms with van der Waals surface area (Å²) in [5.41, 5.74) is 4.39. The summed E-state index contributed by atoms with van der Waals surface area (Å²) in [4.78, 5) is 53.4. The molecule has 3 fully saturated rings. The summed E-state index contributed by atoms with van der Waals surface area (Å²) in [5.74, 6) is -5.14. The summed E-state index contributed by atoms with van der Waals surface area (Å²) in [6, 6.07) is 21.6. The van der Waals surface area contributed by atoms with E-state index < -0.39 is 35.5 Å². The van der Waals surface area contributed by atoms with Crippen LogP contribution in [0, 0.1) is 36.4 Å². The highest BCUT2D eigenvalue weighted by atomic mass is 19.1. The Hall–Kier alpha value is -4.13. The Bertz CT molecular complexity index is 1330. The number of halogens is 1. The average Bonchev–Trinajstić information content (AvgIpc) is 3.16. The Morgan fingerprint density at radius 1 is 0.611 bits per heavy atom. The van der Waals surface area contributed by atoms with E-state index in [0.717, 1.165) is 32.1 Å². The summed E-state index contributed by atoms with van der Waals surface area (Å²) in [7, 11) is 1.40. The van der Waals surface area contributed by atoms with E-state index in [1.807, 2.05) is 43.3 Å². The van der Waals surface area contributed by atoms with Crippen LogP contribution in [0.15, 0.2) is 72.8 Å². The molecule has 1 saturated carbocycles. The molecule has 3 aliphatic rings. The van der Waals surface area contributed by atoms with E-state index in [0.29, 0.717) is 5.69 Å². The van der Waals surface area contributed by atoms with Gasteiger partial charge in [-0.2, -0.15) is 0 Å². The fraction of sp³-hybridized carbons (Fsp3) is 0.241. The maximum absolute atomic E-state index is 13.6. The molecule has 7 heteroatoms. The molecule has 0 bridgehead atoms. The van der Waals surface area contributed by atoms with Gasteiger partial charge in [-0.15, -0.1) is 0 Å². The van der Waals surface area contributed by atoms with Crippen molar-refractivity contribution in [3.63, 3.8) is 0 Å². The number of carbonyl (C=O) groups excluding carboxylic acids is 4. The molecule has 2 heterocycles. The number of likely N-dealkylation sites (tertiary alicyclic amines) is 1. The van der Waals surface area contributed by atoms with Gasteiger partial charge in [0.2, 0.25) is 23.6 Å². The van der Waals surface area contributed by atoms with Gasteiger partial charge >= 0.3 is 0 Å². The van der Waals surface area contributed by atoms with Crippen LogP contribution >= 0.6 is 0 Å². The van der Waals surface area contributed by atoms with E-state index in [4.69, 9.17) is 0 Å². The lowest BCUT2D eigenvalue weighted by molar-refractivity contribution is -0.146. The fourth-order valence-electron chi connectivity index (χ4n) is 6.00. The third kappa shape index (κ3) is 3.08. The molecule has 180 valence electrons. The lowest BCUT2D eigenvalue weighted by atomic mass is 9.59. The van der Waals surface area contributed by atoms with Gasteiger partial charge in [0.25, 0.3) is 0 Å². The van der Waals surface area contributed by atoms with Gasteiger partial charge < -0.3 is 0 Å². The Kier molecular flexibility index (Phi) is 4.93. The van der Waals surface area contributed by atoms with E-state index in [9.17, 15) is 23.6 Å². The van der Waals surface area contributed by atoms with Gasteiger partial charge in [0, 0.05) is 13.0 Å². The number of fused-ring (bicyclic) bond motifs is 4. The molecule has 36 heavy (non-hydrogen) atoms. The van der Waals surface area contributed by atoms with Crippen LogP contribution in [0.4, 0.5) is 10.1 Å². The van der Waals surface area contributed by atoms with Gasteiger partial charge in [0.1, 0.15) is 5.82 Å². The maximum Gasteiger partial charge on any atom is 0.238 e. The predicted molar refractivity (Wildman–Crippen MR) is 129 cm³/mol. The number of aryl methyl sites for hydroxylation is 1. The first-order valence-corrected chi connectivity index (χ1v) is 11.9. The molecule has 6 nitrogen and oxygen atoms in total. The molecule has 5 unspecified atom stereocenters. The third-order valence-corrected chi connectivity index (χ3v) is 7.89. The summed E-state index contributed by atoms with van der Waals surface area (Å²) in [6.45, 7) is 2.01. The van der Waals surface area contributed by atoms with Crippen LogP contribution in [0.5, 0.6) is 0 Å². The van der Waals surface area contributed by atoms with Gasteiger partial charge in [0.15, 0.2) is 0 Å². The zero-order valence-corrected chi connectivity index (χ0v) is 19.7. The normalized spacial score (nSPS) is 25.6. The fourth-order valence-corrected chi connectivity index (χ4v) is 6.00. The number of hydrogen-bond acceptors (Lipinski definition) is 4. The highest BCUT2D eigenvalue weighted by Gasteiger charge is 2.73. The first-order valence-electron chi connectivity index (χ1n) is 11.9. The topological polar surface area (TPSA) is 74.8 Å². The van der Waals surface area contributed by atoms with Crippen molar-refractivity contribution in [2.45, 2.75) is 12.8 Å². The van der Waals surface area contributed by atoms with E-state index in [1.165, 1.54) is 19.2 Å². The minimum Gasteiger partial charge on any atom is -0.285 e. The standard InChI is InChI=1S/C29H23FN2O4/c1-15-3-5-16(6-4-15)21(17-7-11-19(30)12-8-17)18-9-13-20(14-10-18)32-28(35)24-22-23(25(24)29(32)36)27(34)31(2)26(22)33/h3-14,21-25H,1-2H3. The number of imide groups is 2. The van der Waals surface area contributed by atoms with Gasteiger partial charge in [0.05, 0.1) is 29.4 Å². The van der Waals surface area contributed by atoms with E-state index in [2.05, 4.69) is 0 Å². The van der Waals surface area contributed by atoms with Crippen LogP contribution in [0.25, 0.3) is 0 Å². The molecule has 2 saturated heterocycles. The van der Waals surface area contributed by atoms with Crippen LogP contribution in [0.1, 0.15) is 28.2 Å². The Labute approximate surface area is 207 Å². The summed E-state index contributed by atoms with van der Waals surface area (Å²) < 4.78 is 13.6. The smallest absolute Gasteiger partial charge is 0.238 e. The van der Waals surface area contributed by atoms with Crippen molar-refractivity contribution in [3.05, 3.63) is 101 Å². The van der Waals surface area contributed by atoms with E-state index >= 15 is 0 Å². The maximum atomic E-state index is 13.6. The van der Waals surface area contributed by atoms with Crippen molar-refractivity contribution >= 4 is 29.3 Å². The molecule has 5 atom stereocenters. The number of hydrogen-bond donors (Lipinski definition) is 0. The molecule has 1 aliphatic carbocycles. The van der Waals surface area contributed by atoms with Crippen LogP contribution in [-0.4, -0.2) is 35.6 Å².